The number of hydrazone groups is 1. The number of nitrogens with one attached hydrogen (secondary N) is 1. The van der Waals surface area contributed by atoms with E-state index in [1.165, 1.54) is 6.21 Å². The number of benzene rings is 1. The molecule has 0 aliphatic rings. The Labute approximate surface area is 118 Å². The highest BCUT2D eigenvalue weighted by Crippen LogP contribution is 2.12. The Kier molecular flexibility index (Phi) is 4.35. The zero-order valence-corrected chi connectivity index (χ0v) is 11.7. The van der Waals surface area contributed by atoms with Crippen molar-refractivity contribution in [3.05, 3.63) is 52.4 Å². The highest BCUT2D eigenvalue weighted by Gasteiger charge is 2.04. The van der Waals surface area contributed by atoms with E-state index in [2.05, 4.69) is 26.5 Å². The van der Waals surface area contributed by atoms with Crippen LogP contribution in [0.25, 0.3) is 0 Å². The molecule has 2 aromatic rings. The third-order valence-corrected chi connectivity index (χ3v) is 2.73. The summed E-state index contributed by atoms with van der Waals surface area (Å²) in [4.78, 5) is 11.7. The van der Waals surface area contributed by atoms with Gasteiger partial charge in [-0.15, -0.1) is 0 Å². The molecule has 0 saturated carbocycles. The maximum absolute atomic E-state index is 11.7. The number of rotatable bonds is 4. The molecule has 2 rings (SSSR count). The molecule has 5 nitrogen and oxygen atoms in total. The molecule has 1 heterocycles. The Hall–Kier alpha value is -2.08. The summed E-state index contributed by atoms with van der Waals surface area (Å²) in [5.74, 6) is 0.937. The Morgan fingerprint density at radius 2 is 2.05 bits per heavy atom. The maximum atomic E-state index is 11.7. The number of methoxy groups -OCH3 is 1. The third kappa shape index (κ3) is 3.69. The molecule has 19 heavy (non-hydrogen) atoms. The molecule has 0 unspecified atom stereocenters. The van der Waals surface area contributed by atoms with Crippen molar-refractivity contribution in [3.63, 3.8) is 0 Å². The number of hydrogen-bond donors (Lipinski definition) is 1. The van der Waals surface area contributed by atoms with Crippen LogP contribution in [-0.2, 0) is 0 Å². The van der Waals surface area contributed by atoms with Gasteiger partial charge < -0.3 is 9.15 Å². The average Bonchev–Trinajstić information content (AvgIpc) is 2.84. The van der Waals surface area contributed by atoms with Gasteiger partial charge in [-0.1, -0.05) is 0 Å². The number of halogens is 1. The molecule has 0 fully saturated rings. The monoisotopic (exact) mass is 322 g/mol. The number of amides is 1. The molecular weight excluding hydrogens is 312 g/mol. The fraction of sp³-hybridized carbons (Fsp3) is 0.0769. The van der Waals surface area contributed by atoms with Gasteiger partial charge in [0.05, 0.1) is 13.3 Å². The van der Waals surface area contributed by atoms with Crippen molar-refractivity contribution >= 4 is 28.1 Å². The van der Waals surface area contributed by atoms with E-state index in [0.29, 0.717) is 21.7 Å². The van der Waals surface area contributed by atoms with Crippen molar-refractivity contribution in [2.24, 2.45) is 5.10 Å². The quantitative estimate of drug-likeness (QED) is 0.695. The van der Waals surface area contributed by atoms with Crippen LogP contribution in [-0.4, -0.2) is 19.2 Å². The molecule has 0 atom stereocenters. The topological polar surface area (TPSA) is 63.8 Å². The molecular formula is C13H11BrN2O3. The normalized spacial score (nSPS) is 10.6. The van der Waals surface area contributed by atoms with E-state index in [1.54, 1.807) is 43.5 Å². The number of carbonyl (C=O) groups excluding carboxylic acids is 1. The summed E-state index contributed by atoms with van der Waals surface area (Å²) in [5.41, 5.74) is 2.91. The molecule has 98 valence electrons. The van der Waals surface area contributed by atoms with Crippen LogP contribution >= 0.6 is 15.9 Å². The molecule has 1 N–H and O–H groups in total. The molecule has 0 aliphatic carbocycles. The largest absolute Gasteiger partial charge is 0.497 e. The van der Waals surface area contributed by atoms with Gasteiger partial charge in [0, 0.05) is 5.56 Å². The van der Waals surface area contributed by atoms with Crippen molar-refractivity contribution in [1.82, 2.24) is 5.43 Å². The minimum Gasteiger partial charge on any atom is -0.497 e. The Balaban J connectivity index is 1.95. The number of ether oxygens (including phenoxy) is 1. The number of carbonyl (C=O) groups is 1. The molecule has 6 heteroatoms. The van der Waals surface area contributed by atoms with Gasteiger partial charge in [-0.2, -0.15) is 5.10 Å². The first-order chi connectivity index (χ1) is 9.19. The van der Waals surface area contributed by atoms with E-state index in [9.17, 15) is 4.79 Å². The van der Waals surface area contributed by atoms with Gasteiger partial charge in [-0.3, -0.25) is 4.79 Å². The van der Waals surface area contributed by atoms with Gasteiger partial charge in [0.15, 0.2) is 4.67 Å². The second-order valence-electron chi connectivity index (χ2n) is 3.57. The minimum absolute atomic E-state index is 0.301. The zero-order valence-electron chi connectivity index (χ0n) is 10.1. The van der Waals surface area contributed by atoms with E-state index in [1.807, 2.05) is 0 Å². The van der Waals surface area contributed by atoms with Crippen LogP contribution in [0, 0.1) is 0 Å². The summed E-state index contributed by atoms with van der Waals surface area (Å²) < 4.78 is 10.8. The summed E-state index contributed by atoms with van der Waals surface area (Å²) in [6.07, 6.45) is 1.42. The van der Waals surface area contributed by atoms with Crippen molar-refractivity contribution < 1.29 is 13.9 Å². The van der Waals surface area contributed by atoms with Gasteiger partial charge in [0.2, 0.25) is 0 Å². The van der Waals surface area contributed by atoms with Gasteiger partial charge in [-0.05, 0) is 52.3 Å². The van der Waals surface area contributed by atoms with Crippen LogP contribution in [0.1, 0.15) is 16.1 Å². The molecule has 0 spiro atoms. The molecule has 0 radical (unpaired) electrons. The Morgan fingerprint density at radius 1 is 1.32 bits per heavy atom. The van der Waals surface area contributed by atoms with Crippen LogP contribution in [0.15, 0.2) is 50.6 Å². The van der Waals surface area contributed by atoms with Crippen LogP contribution < -0.4 is 10.2 Å². The highest BCUT2D eigenvalue weighted by atomic mass is 79.9. The summed E-state index contributed by atoms with van der Waals surface area (Å²) in [6.45, 7) is 0. The molecule has 0 bridgehead atoms. The Morgan fingerprint density at radius 3 is 2.63 bits per heavy atom. The molecule has 0 saturated heterocycles. The van der Waals surface area contributed by atoms with Crippen molar-refractivity contribution in [2.45, 2.75) is 0 Å². The standard InChI is InChI=1S/C13H11BrN2O3/c1-18-10-4-2-9(3-5-10)13(17)16-15-8-11-6-7-12(14)19-11/h2-8H,1H3,(H,16,17)/b15-8-. The summed E-state index contributed by atoms with van der Waals surface area (Å²) >= 11 is 3.18. The maximum Gasteiger partial charge on any atom is 0.271 e. The predicted octanol–water partition coefficient (Wildman–Crippen LogP) is 2.81. The van der Waals surface area contributed by atoms with E-state index >= 15 is 0 Å². The molecule has 0 aliphatic heterocycles. The summed E-state index contributed by atoms with van der Waals surface area (Å²) in [6, 6.07) is 10.2. The first-order valence-corrected chi connectivity index (χ1v) is 6.21. The number of hydrogen-bond acceptors (Lipinski definition) is 4. The fourth-order valence-corrected chi connectivity index (χ4v) is 1.68. The summed E-state index contributed by atoms with van der Waals surface area (Å²) in [5, 5.41) is 3.80. The second kappa shape index (κ2) is 6.19. The van der Waals surface area contributed by atoms with Crippen molar-refractivity contribution in [1.29, 1.82) is 0 Å². The van der Waals surface area contributed by atoms with Gasteiger partial charge in [0.1, 0.15) is 11.5 Å². The SMILES string of the molecule is COc1ccc(C(=O)N/N=C\c2ccc(Br)o2)cc1. The van der Waals surface area contributed by atoms with E-state index < -0.39 is 0 Å². The Bertz CT molecular complexity index is 590. The third-order valence-electron chi connectivity index (χ3n) is 2.30. The smallest absolute Gasteiger partial charge is 0.271 e. The first-order valence-electron chi connectivity index (χ1n) is 5.42. The van der Waals surface area contributed by atoms with Gasteiger partial charge >= 0.3 is 0 Å². The first kappa shape index (κ1) is 13.4. The van der Waals surface area contributed by atoms with Gasteiger partial charge in [0.25, 0.3) is 5.91 Å². The van der Waals surface area contributed by atoms with Crippen molar-refractivity contribution in [2.75, 3.05) is 7.11 Å². The molecule has 1 aromatic heterocycles. The van der Waals surface area contributed by atoms with Crippen LogP contribution in [0.2, 0.25) is 0 Å². The van der Waals surface area contributed by atoms with E-state index in [-0.39, 0.29) is 5.91 Å². The minimum atomic E-state index is -0.301. The summed E-state index contributed by atoms with van der Waals surface area (Å²) in [7, 11) is 1.57. The van der Waals surface area contributed by atoms with E-state index in [4.69, 9.17) is 9.15 Å². The average molecular weight is 323 g/mol. The lowest BCUT2D eigenvalue weighted by molar-refractivity contribution is 0.0955. The second-order valence-corrected chi connectivity index (χ2v) is 4.35. The van der Waals surface area contributed by atoms with Crippen LogP contribution in [0.4, 0.5) is 0 Å². The van der Waals surface area contributed by atoms with E-state index in [0.717, 1.165) is 0 Å². The predicted molar refractivity (Wildman–Crippen MR) is 74.5 cm³/mol. The lowest BCUT2D eigenvalue weighted by Crippen LogP contribution is -2.17. The highest BCUT2D eigenvalue weighted by molar-refractivity contribution is 9.10. The van der Waals surface area contributed by atoms with Crippen LogP contribution in [0.5, 0.6) is 5.75 Å². The lowest BCUT2D eigenvalue weighted by atomic mass is 10.2. The zero-order chi connectivity index (χ0) is 13.7. The molecule has 1 aromatic carbocycles. The molecule has 1 amide bonds. The van der Waals surface area contributed by atoms with Crippen LogP contribution in [0.3, 0.4) is 0 Å². The fourth-order valence-electron chi connectivity index (χ4n) is 1.36. The van der Waals surface area contributed by atoms with Crippen molar-refractivity contribution in [3.8, 4) is 5.75 Å². The lowest BCUT2D eigenvalue weighted by Gasteiger charge is -2.01. The number of furan rings is 1. The number of nitrogens with zero attached hydrogens (tertiary/aromatic N) is 1. The van der Waals surface area contributed by atoms with Gasteiger partial charge in [-0.25, -0.2) is 5.43 Å².